The van der Waals surface area contributed by atoms with E-state index in [-0.39, 0.29) is 5.82 Å². The molecule has 0 aromatic heterocycles. The molecule has 2 nitrogen and oxygen atoms in total. The molecule has 0 spiro atoms. The van der Waals surface area contributed by atoms with Gasteiger partial charge in [0.15, 0.2) is 0 Å². The SMILES string of the molecule is Cc1c(C(C)C(=O)O)ccc(-c2ccccc2)c1F. The van der Waals surface area contributed by atoms with Crippen LogP contribution in [-0.4, -0.2) is 11.1 Å². The zero-order chi connectivity index (χ0) is 14.0. The Morgan fingerprint density at radius 3 is 2.37 bits per heavy atom. The second kappa shape index (κ2) is 5.22. The summed E-state index contributed by atoms with van der Waals surface area (Å²) in [4.78, 5) is 11.0. The maximum absolute atomic E-state index is 14.4. The van der Waals surface area contributed by atoms with Gasteiger partial charge in [-0.1, -0.05) is 42.5 Å². The van der Waals surface area contributed by atoms with Gasteiger partial charge in [0, 0.05) is 5.56 Å². The van der Waals surface area contributed by atoms with Gasteiger partial charge >= 0.3 is 5.97 Å². The lowest BCUT2D eigenvalue weighted by atomic mass is 9.92. The highest BCUT2D eigenvalue weighted by molar-refractivity contribution is 5.77. The summed E-state index contributed by atoms with van der Waals surface area (Å²) in [6, 6.07) is 12.6. The molecule has 3 heteroatoms. The first-order valence-corrected chi connectivity index (χ1v) is 6.09. The van der Waals surface area contributed by atoms with Crippen molar-refractivity contribution < 1.29 is 14.3 Å². The summed E-state index contributed by atoms with van der Waals surface area (Å²) in [6.07, 6.45) is 0. The Balaban J connectivity index is 2.52. The molecule has 0 aliphatic carbocycles. The van der Waals surface area contributed by atoms with Crippen molar-refractivity contribution in [2.24, 2.45) is 0 Å². The van der Waals surface area contributed by atoms with Crippen LogP contribution >= 0.6 is 0 Å². The van der Waals surface area contributed by atoms with E-state index >= 15 is 0 Å². The van der Waals surface area contributed by atoms with Crippen molar-refractivity contribution in [2.75, 3.05) is 0 Å². The van der Waals surface area contributed by atoms with E-state index in [1.807, 2.05) is 30.3 Å². The van der Waals surface area contributed by atoms with Gasteiger partial charge in [0.25, 0.3) is 0 Å². The zero-order valence-corrected chi connectivity index (χ0v) is 10.9. The molecule has 0 fully saturated rings. The Kier molecular flexibility index (Phi) is 3.65. The topological polar surface area (TPSA) is 37.3 Å². The van der Waals surface area contributed by atoms with Crippen LogP contribution in [0.3, 0.4) is 0 Å². The first kappa shape index (κ1) is 13.3. The van der Waals surface area contributed by atoms with Crippen molar-refractivity contribution in [2.45, 2.75) is 19.8 Å². The average Bonchev–Trinajstić information content (AvgIpc) is 2.42. The van der Waals surface area contributed by atoms with E-state index in [9.17, 15) is 9.18 Å². The van der Waals surface area contributed by atoms with E-state index in [2.05, 4.69) is 0 Å². The molecular formula is C16H15FO2. The molecule has 0 amide bonds. The van der Waals surface area contributed by atoms with Crippen LogP contribution in [0.1, 0.15) is 24.0 Å². The van der Waals surface area contributed by atoms with Gasteiger partial charge < -0.3 is 5.11 Å². The molecule has 0 bridgehead atoms. The third-order valence-corrected chi connectivity index (χ3v) is 3.35. The highest BCUT2D eigenvalue weighted by Gasteiger charge is 2.19. The fourth-order valence-electron chi connectivity index (χ4n) is 2.14. The molecule has 0 heterocycles. The predicted molar refractivity (Wildman–Crippen MR) is 72.6 cm³/mol. The Morgan fingerprint density at radius 1 is 1.16 bits per heavy atom. The summed E-state index contributed by atoms with van der Waals surface area (Å²) in [5, 5.41) is 9.01. The monoisotopic (exact) mass is 258 g/mol. The molecule has 0 radical (unpaired) electrons. The number of carboxylic acids is 1. The zero-order valence-electron chi connectivity index (χ0n) is 10.9. The molecule has 0 saturated heterocycles. The number of halogens is 1. The normalized spacial score (nSPS) is 12.2. The van der Waals surface area contributed by atoms with Crippen LogP contribution in [0.4, 0.5) is 4.39 Å². The molecule has 2 aromatic rings. The number of carbonyl (C=O) groups is 1. The molecule has 0 aliphatic heterocycles. The molecule has 1 N–H and O–H groups in total. The third-order valence-electron chi connectivity index (χ3n) is 3.35. The second-order valence-electron chi connectivity index (χ2n) is 4.57. The van der Waals surface area contributed by atoms with Crippen molar-refractivity contribution >= 4 is 5.97 Å². The lowest BCUT2D eigenvalue weighted by molar-refractivity contribution is -0.138. The Hall–Kier alpha value is -2.16. The van der Waals surface area contributed by atoms with Gasteiger partial charge in [0.2, 0.25) is 0 Å². The van der Waals surface area contributed by atoms with Crippen molar-refractivity contribution in [1.82, 2.24) is 0 Å². The van der Waals surface area contributed by atoms with Crippen molar-refractivity contribution in [3.8, 4) is 11.1 Å². The standard InChI is InChI=1S/C16H15FO2/c1-10-13(11(2)16(18)19)8-9-14(15(10)17)12-6-4-3-5-7-12/h3-9,11H,1-2H3,(H,18,19). The summed E-state index contributed by atoms with van der Waals surface area (Å²) in [6.45, 7) is 3.18. The summed E-state index contributed by atoms with van der Waals surface area (Å²) in [5.74, 6) is -2.01. The minimum absolute atomic E-state index is 0.350. The van der Waals surface area contributed by atoms with Gasteiger partial charge in [-0.05, 0) is 30.5 Å². The van der Waals surface area contributed by atoms with Crippen LogP contribution in [0.15, 0.2) is 42.5 Å². The molecule has 2 aromatic carbocycles. The van der Waals surface area contributed by atoms with Crippen molar-refractivity contribution in [3.05, 3.63) is 59.4 Å². The maximum Gasteiger partial charge on any atom is 0.310 e. The minimum atomic E-state index is -0.949. The van der Waals surface area contributed by atoms with E-state index in [1.165, 1.54) is 0 Å². The lowest BCUT2D eigenvalue weighted by Gasteiger charge is -2.14. The van der Waals surface area contributed by atoms with Gasteiger partial charge in [0.1, 0.15) is 5.82 Å². The fraction of sp³-hybridized carbons (Fsp3) is 0.188. The summed E-state index contributed by atoms with van der Waals surface area (Å²) in [7, 11) is 0. The van der Waals surface area contributed by atoms with Crippen LogP contribution in [0.2, 0.25) is 0 Å². The number of rotatable bonds is 3. The van der Waals surface area contributed by atoms with Gasteiger partial charge in [0.05, 0.1) is 5.92 Å². The highest BCUT2D eigenvalue weighted by atomic mass is 19.1. The van der Waals surface area contributed by atoms with E-state index in [0.717, 1.165) is 5.56 Å². The van der Waals surface area contributed by atoms with Crippen LogP contribution in [0.25, 0.3) is 11.1 Å². The first-order chi connectivity index (χ1) is 9.02. The summed E-state index contributed by atoms with van der Waals surface area (Å²) in [5.41, 5.74) is 2.21. The van der Waals surface area contributed by atoms with Gasteiger partial charge in [-0.2, -0.15) is 0 Å². The molecule has 0 saturated carbocycles. The van der Waals surface area contributed by atoms with E-state index in [4.69, 9.17) is 5.11 Å². The third kappa shape index (κ3) is 2.50. The van der Waals surface area contributed by atoms with Crippen LogP contribution < -0.4 is 0 Å². The molecule has 1 atom stereocenters. The largest absolute Gasteiger partial charge is 0.481 e. The van der Waals surface area contributed by atoms with Crippen LogP contribution in [0, 0.1) is 12.7 Å². The molecule has 19 heavy (non-hydrogen) atoms. The lowest BCUT2D eigenvalue weighted by Crippen LogP contribution is -2.10. The number of carboxylic acid groups (broad SMARTS) is 1. The van der Waals surface area contributed by atoms with Crippen LogP contribution in [0.5, 0.6) is 0 Å². The molecule has 98 valence electrons. The summed E-state index contributed by atoms with van der Waals surface area (Å²) < 4.78 is 14.4. The molecule has 2 rings (SSSR count). The van der Waals surface area contributed by atoms with E-state index in [1.54, 1.807) is 26.0 Å². The molecule has 1 unspecified atom stereocenters. The first-order valence-electron chi connectivity index (χ1n) is 6.09. The van der Waals surface area contributed by atoms with Gasteiger partial charge in [-0.15, -0.1) is 0 Å². The van der Waals surface area contributed by atoms with Crippen molar-refractivity contribution in [3.63, 3.8) is 0 Å². The predicted octanol–water partition coefficient (Wildman–Crippen LogP) is 3.99. The van der Waals surface area contributed by atoms with Crippen molar-refractivity contribution in [1.29, 1.82) is 0 Å². The smallest absolute Gasteiger partial charge is 0.310 e. The number of hydrogen-bond donors (Lipinski definition) is 1. The van der Waals surface area contributed by atoms with E-state index < -0.39 is 11.9 Å². The number of hydrogen-bond acceptors (Lipinski definition) is 1. The molecular weight excluding hydrogens is 243 g/mol. The fourth-order valence-corrected chi connectivity index (χ4v) is 2.14. The highest BCUT2D eigenvalue weighted by Crippen LogP contribution is 2.30. The quantitative estimate of drug-likeness (QED) is 0.903. The minimum Gasteiger partial charge on any atom is -0.481 e. The number of aliphatic carboxylic acids is 1. The molecule has 0 aliphatic rings. The van der Waals surface area contributed by atoms with Crippen LogP contribution in [-0.2, 0) is 4.79 Å². The Bertz CT molecular complexity index is 606. The Labute approximate surface area is 111 Å². The van der Waals surface area contributed by atoms with Gasteiger partial charge in [-0.3, -0.25) is 4.79 Å². The van der Waals surface area contributed by atoms with Gasteiger partial charge in [-0.25, -0.2) is 4.39 Å². The average molecular weight is 258 g/mol. The Morgan fingerprint density at radius 2 is 1.79 bits per heavy atom. The maximum atomic E-state index is 14.4. The second-order valence-corrected chi connectivity index (χ2v) is 4.57. The van der Waals surface area contributed by atoms with E-state index in [0.29, 0.717) is 16.7 Å². The summed E-state index contributed by atoms with van der Waals surface area (Å²) >= 11 is 0. The number of benzene rings is 2.